The summed E-state index contributed by atoms with van der Waals surface area (Å²) in [6.45, 7) is 3.92. The number of esters is 1. The zero-order chi connectivity index (χ0) is 15.7. The zero-order valence-electron chi connectivity index (χ0n) is 12.2. The van der Waals surface area contributed by atoms with Gasteiger partial charge in [0, 0.05) is 0 Å². The lowest BCUT2D eigenvalue weighted by molar-refractivity contribution is -0.144. The van der Waals surface area contributed by atoms with Crippen LogP contribution in [-0.4, -0.2) is 40.8 Å². The Hall–Kier alpha value is -1.44. The molecule has 21 heavy (non-hydrogen) atoms. The standard InChI is InChI=1S/C14H20O6S/c1-3-19-14(15)8-9-18-10-11-20-21(16,17)13-7-5-4-6-12(13)2/h4-7H,3,8-11H2,1-2H3. The lowest BCUT2D eigenvalue weighted by Gasteiger charge is -2.08. The van der Waals surface area contributed by atoms with Crippen molar-refractivity contribution in [1.82, 2.24) is 0 Å². The number of rotatable bonds is 9. The van der Waals surface area contributed by atoms with E-state index in [0.29, 0.717) is 12.2 Å². The fourth-order valence-electron chi connectivity index (χ4n) is 1.59. The van der Waals surface area contributed by atoms with Crippen molar-refractivity contribution < 1.29 is 26.9 Å². The predicted molar refractivity (Wildman–Crippen MR) is 76.4 cm³/mol. The van der Waals surface area contributed by atoms with E-state index < -0.39 is 10.1 Å². The molecule has 118 valence electrons. The fourth-order valence-corrected chi connectivity index (χ4v) is 2.72. The Morgan fingerprint density at radius 3 is 2.52 bits per heavy atom. The quantitative estimate of drug-likeness (QED) is 0.392. The molecule has 1 rings (SSSR count). The lowest BCUT2D eigenvalue weighted by Crippen LogP contribution is -2.14. The Labute approximate surface area is 125 Å². The third kappa shape index (κ3) is 6.24. The van der Waals surface area contributed by atoms with E-state index in [1.165, 1.54) is 6.07 Å². The van der Waals surface area contributed by atoms with Gasteiger partial charge in [-0.15, -0.1) is 0 Å². The summed E-state index contributed by atoms with van der Waals surface area (Å²) in [6.07, 6.45) is 0.137. The van der Waals surface area contributed by atoms with E-state index in [-0.39, 0.29) is 37.1 Å². The van der Waals surface area contributed by atoms with E-state index in [2.05, 4.69) is 0 Å². The van der Waals surface area contributed by atoms with Gasteiger partial charge in [0.15, 0.2) is 0 Å². The zero-order valence-corrected chi connectivity index (χ0v) is 13.0. The van der Waals surface area contributed by atoms with Crippen molar-refractivity contribution >= 4 is 16.1 Å². The first-order valence-corrected chi connectivity index (χ1v) is 8.06. The molecule has 0 aliphatic carbocycles. The molecule has 0 unspecified atom stereocenters. The van der Waals surface area contributed by atoms with Gasteiger partial charge in [-0.2, -0.15) is 8.42 Å². The van der Waals surface area contributed by atoms with Gasteiger partial charge < -0.3 is 9.47 Å². The molecule has 1 aromatic carbocycles. The van der Waals surface area contributed by atoms with Crippen LogP contribution in [0.2, 0.25) is 0 Å². The topological polar surface area (TPSA) is 78.9 Å². The molecule has 6 nitrogen and oxygen atoms in total. The highest BCUT2D eigenvalue weighted by molar-refractivity contribution is 7.86. The van der Waals surface area contributed by atoms with Gasteiger partial charge in [-0.1, -0.05) is 18.2 Å². The average molecular weight is 316 g/mol. The Kier molecular flexibility index (Phi) is 7.35. The Balaban J connectivity index is 2.29. The minimum absolute atomic E-state index is 0.0878. The van der Waals surface area contributed by atoms with Crippen molar-refractivity contribution in [2.75, 3.05) is 26.4 Å². The highest BCUT2D eigenvalue weighted by Crippen LogP contribution is 2.16. The van der Waals surface area contributed by atoms with Crippen molar-refractivity contribution in [1.29, 1.82) is 0 Å². The molecule has 0 saturated carbocycles. The van der Waals surface area contributed by atoms with Crippen LogP contribution in [-0.2, 0) is 28.6 Å². The molecule has 0 fully saturated rings. The molecule has 0 N–H and O–H groups in total. The van der Waals surface area contributed by atoms with Crippen LogP contribution in [0.15, 0.2) is 29.2 Å². The first-order valence-electron chi connectivity index (χ1n) is 6.66. The summed E-state index contributed by atoms with van der Waals surface area (Å²) in [7, 11) is -3.77. The van der Waals surface area contributed by atoms with Crippen LogP contribution in [0, 0.1) is 6.92 Å². The van der Waals surface area contributed by atoms with Crippen LogP contribution >= 0.6 is 0 Å². The summed E-state index contributed by atoms with van der Waals surface area (Å²) >= 11 is 0. The molecule has 0 atom stereocenters. The van der Waals surface area contributed by atoms with Crippen LogP contribution in [0.4, 0.5) is 0 Å². The number of carbonyl (C=O) groups is 1. The molecular weight excluding hydrogens is 296 g/mol. The van der Waals surface area contributed by atoms with Gasteiger partial charge >= 0.3 is 5.97 Å². The van der Waals surface area contributed by atoms with Crippen LogP contribution in [0.3, 0.4) is 0 Å². The van der Waals surface area contributed by atoms with Crippen molar-refractivity contribution in [3.05, 3.63) is 29.8 Å². The highest BCUT2D eigenvalue weighted by atomic mass is 32.2. The van der Waals surface area contributed by atoms with E-state index in [1.807, 2.05) is 0 Å². The van der Waals surface area contributed by atoms with Crippen LogP contribution < -0.4 is 0 Å². The smallest absolute Gasteiger partial charge is 0.308 e. The first-order chi connectivity index (χ1) is 9.97. The fraction of sp³-hybridized carbons (Fsp3) is 0.500. The molecule has 0 amide bonds. The molecule has 7 heteroatoms. The van der Waals surface area contributed by atoms with Crippen molar-refractivity contribution in [2.24, 2.45) is 0 Å². The van der Waals surface area contributed by atoms with E-state index >= 15 is 0 Å². The van der Waals surface area contributed by atoms with Gasteiger partial charge in [-0.25, -0.2) is 0 Å². The maximum atomic E-state index is 11.9. The second-order valence-corrected chi connectivity index (χ2v) is 5.79. The second kappa shape index (κ2) is 8.76. The van der Waals surface area contributed by atoms with E-state index in [9.17, 15) is 13.2 Å². The molecule has 1 aromatic rings. The van der Waals surface area contributed by atoms with Gasteiger partial charge in [-0.05, 0) is 25.5 Å². The summed E-state index contributed by atoms with van der Waals surface area (Å²) in [4.78, 5) is 11.2. The van der Waals surface area contributed by atoms with Crippen molar-refractivity contribution in [2.45, 2.75) is 25.2 Å². The van der Waals surface area contributed by atoms with Gasteiger partial charge in [-0.3, -0.25) is 8.98 Å². The van der Waals surface area contributed by atoms with E-state index in [1.54, 1.807) is 32.0 Å². The molecule has 0 heterocycles. The number of carbonyl (C=O) groups excluding carboxylic acids is 1. The Morgan fingerprint density at radius 2 is 1.86 bits per heavy atom. The first kappa shape index (κ1) is 17.6. The maximum Gasteiger partial charge on any atom is 0.308 e. The van der Waals surface area contributed by atoms with E-state index in [0.717, 1.165) is 0 Å². The number of hydrogen-bond acceptors (Lipinski definition) is 6. The third-order valence-electron chi connectivity index (χ3n) is 2.58. The Morgan fingerprint density at radius 1 is 1.14 bits per heavy atom. The number of aryl methyl sites for hydroxylation is 1. The summed E-state index contributed by atoms with van der Waals surface area (Å²) in [6, 6.07) is 6.59. The predicted octanol–water partition coefficient (Wildman–Crippen LogP) is 1.67. The van der Waals surface area contributed by atoms with Crippen molar-refractivity contribution in [3.63, 3.8) is 0 Å². The highest BCUT2D eigenvalue weighted by Gasteiger charge is 2.16. The summed E-state index contributed by atoms with van der Waals surface area (Å²) in [5.74, 6) is -0.342. The van der Waals surface area contributed by atoms with E-state index in [4.69, 9.17) is 13.7 Å². The number of ether oxygens (including phenoxy) is 2. The normalized spacial score (nSPS) is 11.3. The van der Waals surface area contributed by atoms with Gasteiger partial charge in [0.1, 0.15) is 0 Å². The summed E-state index contributed by atoms with van der Waals surface area (Å²) in [5.41, 5.74) is 0.626. The summed E-state index contributed by atoms with van der Waals surface area (Å²) in [5, 5.41) is 0. The minimum Gasteiger partial charge on any atom is -0.466 e. The van der Waals surface area contributed by atoms with Crippen LogP contribution in [0.1, 0.15) is 18.9 Å². The molecule has 0 aromatic heterocycles. The minimum atomic E-state index is -3.77. The molecule has 0 bridgehead atoms. The Bertz CT molecular complexity index is 552. The SMILES string of the molecule is CCOC(=O)CCOCCOS(=O)(=O)c1ccccc1C. The molecule has 0 aliphatic heterocycles. The van der Waals surface area contributed by atoms with Gasteiger partial charge in [0.05, 0.1) is 37.7 Å². The molecule has 0 spiro atoms. The van der Waals surface area contributed by atoms with Gasteiger partial charge in [0.2, 0.25) is 0 Å². The van der Waals surface area contributed by atoms with Crippen molar-refractivity contribution in [3.8, 4) is 0 Å². The monoisotopic (exact) mass is 316 g/mol. The molecule has 0 saturated heterocycles. The molecule has 0 aliphatic rings. The molecular formula is C14H20O6S. The van der Waals surface area contributed by atoms with Crippen LogP contribution in [0.5, 0.6) is 0 Å². The molecule has 0 radical (unpaired) electrons. The largest absolute Gasteiger partial charge is 0.466 e. The maximum absolute atomic E-state index is 11.9. The summed E-state index contributed by atoms with van der Waals surface area (Å²) < 4.78 is 38.6. The average Bonchev–Trinajstić information content (AvgIpc) is 2.43. The second-order valence-electron chi connectivity index (χ2n) is 4.21. The number of benzene rings is 1. The third-order valence-corrected chi connectivity index (χ3v) is 4.06. The van der Waals surface area contributed by atoms with Crippen LogP contribution in [0.25, 0.3) is 0 Å². The lowest BCUT2D eigenvalue weighted by atomic mass is 10.2. The van der Waals surface area contributed by atoms with Gasteiger partial charge in [0.25, 0.3) is 10.1 Å². The number of hydrogen-bond donors (Lipinski definition) is 0.